The van der Waals surface area contributed by atoms with E-state index in [1.807, 2.05) is 13.8 Å². The maximum absolute atomic E-state index is 12.0. The van der Waals surface area contributed by atoms with Gasteiger partial charge in [-0.3, -0.25) is 5.32 Å². The van der Waals surface area contributed by atoms with Gasteiger partial charge < -0.3 is 10.2 Å². The molecule has 0 spiro atoms. The number of nitrogens with zero attached hydrogens (tertiary/aromatic N) is 2. The van der Waals surface area contributed by atoms with Crippen molar-refractivity contribution in [2.45, 2.75) is 57.2 Å². The molecule has 1 fully saturated rings. The van der Waals surface area contributed by atoms with E-state index in [-0.39, 0.29) is 23.4 Å². The molecule has 4 amide bonds. The lowest BCUT2D eigenvalue weighted by molar-refractivity contribution is 0.227. The summed E-state index contributed by atoms with van der Waals surface area (Å²) in [7, 11) is 3.26. The number of amidine groups is 1. The van der Waals surface area contributed by atoms with E-state index < -0.39 is 0 Å². The van der Waals surface area contributed by atoms with Gasteiger partial charge in [0, 0.05) is 25.4 Å². The van der Waals surface area contributed by atoms with E-state index in [0.29, 0.717) is 5.17 Å². The summed E-state index contributed by atoms with van der Waals surface area (Å²) in [5, 5.41) is 6.23. The van der Waals surface area contributed by atoms with Gasteiger partial charge in [0.1, 0.15) is 0 Å². The Kier molecular flexibility index (Phi) is 7.56. The monoisotopic (exact) mass is 314 g/mol. The molecule has 0 aromatic rings. The van der Waals surface area contributed by atoms with Crippen LogP contribution in [0.25, 0.3) is 0 Å². The molecule has 2 N–H and O–H groups in total. The van der Waals surface area contributed by atoms with Crippen molar-refractivity contribution < 1.29 is 9.59 Å². The fraction of sp³-hybridized carbons (Fsp3) is 0.786. The highest BCUT2D eigenvalue weighted by molar-refractivity contribution is 8.14. The van der Waals surface area contributed by atoms with Crippen LogP contribution in [-0.2, 0) is 0 Å². The van der Waals surface area contributed by atoms with Gasteiger partial charge in [-0.05, 0) is 12.8 Å². The number of hydrogen-bond acceptors (Lipinski definition) is 3. The number of nitrogens with one attached hydrogen (secondary N) is 2. The molecule has 0 bridgehead atoms. The van der Waals surface area contributed by atoms with Gasteiger partial charge in [0.2, 0.25) is 0 Å². The summed E-state index contributed by atoms with van der Waals surface area (Å²) in [6.07, 6.45) is 5.60. The number of carbonyl (C=O) groups excluding carboxylic acids is 2. The molecule has 0 unspecified atom stereocenters. The second-order valence-corrected chi connectivity index (χ2v) is 7.26. The normalized spacial score (nSPS) is 16.7. The summed E-state index contributed by atoms with van der Waals surface area (Å²) in [6.45, 7) is 3.97. The molecular weight excluding hydrogens is 288 g/mol. The zero-order valence-electron chi connectivity index (χ0n) is 13.3. The van der Waals surface area contributed by atoms with Crippen LogP contribution in [0.2, 0.25) is 0 Å². The van der Waals surface area contributed by atoms with E-state index in [0.717, 1.165) is 25.7 Å². The third-order valence-electron chi connectivity index (χ3n) is 3.09. The number of aliphatic imine (C=N–C) groups is 1. The minimum atomic E-state index is -0.379. The van der Waals surface area contributed by atoms with Gasteiger partial charge >= 0.3 is 12.1 Å². The maximum Gasteiger partial charge on any atom is 0.345 e. The SMILES string of the molecule is CC(C)SC(=NC(=O)N(C)C)NC(=O)NC1CCCCC1. The van der Waals surface area contributed by atoms with Crippen molar-refractivity contribution in [2.75, 3.05) is 14.1 Å². The third kappa shape index (κ3) is 7.36. The predicted molar refractivity (Wildman–Crippen MR) is 87.8 cm³/mol. The number of rotatable bonds is 2. The maximum atomic E-state index is 12.0. The minimum Gasteiger partial charge on any atom is -0.335 e. The molecule has 0 aromatic heterocycles. The van der Waals surface area contributed by atoms with E-state index in [4.69, 9.17) is 0 Å². The lowest BCUT2D eigenvalue weighted by Crippen LogP contribution is -2.45. The number of carbonyl (C=O) groups is 2. The fourth-order valence-electron chi connectivity index (χ4n) is 2.06. The van der Waals surface area contributed by atoms with Crippen LogP contribution in [0, 0.1) is 0 Å². The Morgan fingerprint density at radius 2 is 1.81 bits per heavy atom. The number of urea groups is 2. The van der Waals surface area contributed by atoms with Gasteiger partial charge in [-0.1, -0.05) is 44.9 Å². The van der Waals surface area contributed by atoms with Crippen LogP contribution in [-0.4, -0.2) is 47.5 Å². The Morgan fingerprint density at radius 1 is 1.19 bits per heavy atom. The minimum absolute atomic E-state index is 0.230. The van der Waals surface area contributed by atoms with Crippen LogP contribution in [0.5, 0.6) is 0 Å². The molecule has 0 radical (unpaired) electrons. The highest BCUT2D eigenvalue weighted by Gasteiger charge is 2.17. The molecular formula is C14H26N4O2S. The summed E-state index contributed by atoms with van der Waals surface area (Å²) in [5.74, 6) is 0. The first-order valence-electron chi connectivity index (χ1n) is 7.42. The summed E-state index contributed by atoms with van der Waals surface area (Å²) in [4.78, 5) is 29.0. The van der Waals surface area contributed by atoms with Crippen LogP contribution in [0.1, 0.15) is 46.0 Å². The number of amides is 4. The van der Waals surface area contributed by atoms with Gasteiger partial charge in [0.25, 0.3) is 0 Å². The van der Waals surface area contributed by atoms with Crippen molar-refractivity contribution in [3.8, 4) is 0 Å². The Bertz CT molecular complexity index is 390. The third-order valence-corrected chi connectivity index (χ3v) is 3.98. The largest absolute Gasteiger partial charge is 0.345 e. The molecule has 0 saturated heterocycles. The smallest absolute Gasteiger partial charge is 0.335 e. The molecule has 120 valence electrons. The highest BCUT2D eigenvalue weighted by Crippen LogP contribution is 2.17. The Labute approximate surface area is 131 Å². The fourth-order valence-corrected chi connectivity index (χ4v) is 2.79. The highest BCUT2D eigenvalue weighted by atomic mass is 32.2. The van der Waals surface area contributed by atoms with E-state index in [9.17, 15) is 9.59 Å². The van der Waals surface area contributed by atoms with Crippen LogP contribution >= 0.6 is 11.8 Å². The van der Waals surface area contributed by atoms with E-state index in [2.05, 4.69) is 15.6 Å². The van der Waals surface area contributed by atoms with Crippen molar-refractivity contribution in [3.05, 3.63) is 0 Å². The molecule has 0 aromatic carbocycles. The lowest BCUT2D eigenvalue weighted by Gasteiger charge is -2.23. The summed E-state index contributed by atoms with van der Waals surface area (Å²) < 4.78 is 0. The second-order valence-electron chi connectivity index (χ2n) is 5.69. The van der Waals surface area contributed by atoms with Crippen molar-refractivity contribution >= 4 is 29.0 Å². The van der Waals surface area contributed by atoms with Crippen LogP contribution in [0.3, 0.4) is 0 Å². The van der Waals surface area contributed by atoms with E-state index in [1.165, 1.54) is 23.1 Å². The van der Waals surface area contributed by atoms with Gasteiger partial charge in [0.15, 0.2) is 5.17 Å². The molecule has 0 atom stereocenters. The van der Waals surface area contributed by atoms with Crippen LogP contribution in [0.4, 0.5) is 9.59 Å². The van der Waals surface area contributed by atoms with E-state index >= 15 is 0 Å². The van der Waals surface area contributed by atoms with Crippen LogP contribution < -0.4 is 10.6 Å². The Morgan fingerprint density at radius 3 is 2.33 bits per heavy atom. The summed E-state index contributed by atoms with van der Waals surface area (Å²) in [6, 6.07) is -0.426. The zero-order chi connectivity index (χ0) is 15.8. The van der Waals surface area contributed by atoms with Crippen molar-refractivity contribution in [1.82, 2.24) is 15.5 Å². The van der Waals surface area contributed by atoms with E-state index in [1.54, 1.807) is 14.1 Å². The Balaban J connectivity index is 2.58. The number of thioether (sulfide) groups is 1. The predicted octanol–water partition coefficient (Wildman–Crippen LogP) is 2.80. The zero-order valence-corrected chi connectivity index (χ0v) is 14.1. The first-order valence-corrected chi connectivity index (χ1v) is 8.30. The molecule has 7 heteroatoms. The number of hydrogen-bond donors (Lipinski definition) is 2. The molecule has 1 saturated carbocycles. The summed E-state index contributed by atoms with van der Waals surface area (Å²) >= 11 is 1.37. The molecule has 21 heavy (non-hydrogen) atoms. The van der Waals surface area contributed by atoms with Crippen molar-refractivity contribution in [1.29, 1.82) is 0 Å². The first kappa shape index (κ1) is 17.8. The molecule has 1 aliphatic rings. The quantitative estimate of drug-likeness (QED) is 0.608. The summed E-state index contributed by atoms with van der Waals surface area (Å²) in [5.41, 5.74) is 0. The first-order chi connectivity index (χ1) is 9.88. The topological polar surface area (TPSA) is 73.8 Å². The lowest BCUT2D eigenvalue weighted by atomic mass is 9.96. The van der Waals surface area contributed by atoms with Crippen molar-refractivity contribution in [2.24, 2.45) is 4.99 Å². The van der Waals surface area contributed by atoms with Gasteiger partial charge in [0.05, 0.1) is 0 Å². The van der Waals surface area contributed by atoms with Crippen LogP contribution in [0.15, 0.2) is 4.99 Å². The van der Waals surface area contributed by atoms with Gasteiger partial charge in [-0.2, -0.15) is 4.99 Å². The molecule has 6 nitrogen and oxygen atoms in total. The molecule has 0 aliphatic heterocycles. The average Bonchev–Trinajstić information content (AvgIpc) is 2.38. The second kappa shape index (κ2) is 8.92. The van der Waals surface area contributed by atoms with Gasteiger partial charge in [-0.25, -0.2) is 9.59 Å². The van der Waals surface area contributed by atoms with Crippen molar-refractivity contribution in [3.63, 3.8) is 0 Å². The average molecular weight is 314 g/mol. The molecule has 1 rings (SSSR count). The molecule has 0 heterocycles. The molecule has 1 aliphatic carbocycles. The van der Waals surface area contributed by atoms with Gasteiger partial charge in [-0.15, -0.1) is 0 Å². The Hall–Kier alpha value is -1.24. The standard InChI is InChI=1S/C14H26N4O2S/c1-10(2)21-13(17-14(20)18(3)4)16-12(19)15-11-8-6-5-7-9-11/h10-11H,5-9H2,1-4H3,(H2,15,16,17,19,20).